The third kappa shape index (κ3) is 5.21. The van der Waals surface area contributed by atoms with Crippen molar-refractivity contribution >= 4 is 5.91 Å². The van der Waals surface area contributed by atoms with E-state index in [-0.39, 0.29) is 23.5 Å². The maximum Gasteiger partial charge on any atom is 0.255 e. The van der Waals surface area contributed by atoms with Crippen LogP contribution in [-0.4, -0.2) is 29.8 Å². The van der Waals surface area contributed by atoms with Gasteiger partial charge in [-0.15, -0.1) is 0 Å². The van der Waals surface area contributed by atoms with E-state index in [1.807, 2.05) is 46.8 Å². The van der Waals surface area contributed by atoms with Gasteiger partial charge in [0.15, 0.2) is 0 Å². The number of aliphatic hydroxyl groups excluding tert-OH is 1. The molecular formula is C16H25NO3. The minimum absolute atomic E-state index is 0.0212. The summed E-state index contributed by atoms with van der Waals surface area (Å²) in [6, 6.07) is 7.18. The quantitative estimate of drug-likeness (QED) is 0.871. The molecule has 0 saturated heterocycles. The fourth-order valence-electron chi connectivity index (χ4n) is 1.54. The smallest absolute Gasteiger partial charge is 0.255 e. The summed E-state index contributed by atoms with van der Waals surface area (Å²) in [5, 5.41) is 12.0. The summed E-state index contributed by atoms with van der Waals surface area (Å²) in [4.78, 5) is 12.2. The molecule has 0 bridgehead atoms. The number of amides is 1. The van der Waals surface area contributed by atoms with E-state index >= 15 is 0 Å². The van der Waals surface area contributed by atoms with Crippen molar-refractivity contribution in [2.45, 2.75) is 40.2 Å². The molecule has 0 aliphatic heterocycles. The lowest BCUT2D eigenvalue weighted by atomic mass is 9.95. The van der Waals surface area contributed by atoms with Crippen molar-refractivity contribution in [3.8, 4) is 5.75 Å². The van der Waals surface area contributed by atoms with Gasteiger partial charge < -0.3 is 15.2 Å². The van der Waals surface area contributed by atoms with E-state index in [0.717, 1.165) is 0 Å². The van der Waals surface area contributed by atoms with Crippen molar-refractivity contribution in [2.75, 3.05) is 13.2 Å². The molecule has 1 aromatic carbocycles. The SMILES string of the molecule is CC(C)(CO)CNC(=O)c1ccccc1OC(C)(C)C. The van der Waals surface area contributed by atoms with E-state index in [4.69, 9.17) is 4.74 Å². The van der Waals surface area contributed by atoms with Crippen LogP contribution < -0.4 is 10.1 Å². The lowest BCUT2D eigenvalue weighted by Crippen LogP contribution is -2.36. The van der Waals surface area contributed by atoms with Gasteiger partial charge in [-0.2, -0.15) is 0 Å². The Morgan fingerprint density at radius 1 is 1.20 bits per heavy atom. The molecular weight excluding hydrogens is 254 g/mol. The molecule has 4 heteroatoms. The van der Waals surface area contributed by atoms with E-state index in [1.165, 1.54) is 0 Å². The first kappa shape index (κ1) is 16.5. The molecule has 0 unspecified atom stereocenters. The van der Waals surface area contributed by atoms with E-state index in [2.05, 4.69) is 5.32 Å². The molecule has 4 nitrogen and oxygen atoms in total. The van der Waals surface area contributed by atoms with Crippen molar-refractivity contribution in [2.24, 2.45) is 5.41 Å². The number of hydrogen-bond acceptors (Lipinski definition) is 3. The molecule has 0 fully saturated rings. The van der Waals surface area contributed by atoms with Crippen molar-refractivity contribution in [3.05, 3.63) is 29.8 Å². The largest absolute Gasteiger partial charge is 0.487 e. The third-order valence-corrected chi connectivity index (χ3v) is 2.70. The second-order valence-electron chi connectivity index (χ2n) is 6.72. The Labute approximate surface area is 121 Å². The van der Waals surface area contributed by atoms with Crippen molar-refractivity contribution in [1.29, 1.82) is 0 Å². The average molecular weight is 279 g/mol. The Bertz CT molecular complexity index is 461. The van der Waals surface area contributed by atoms with Crippen LogP contribution in [0.3, 0.4) is 0 Å². The van der Waals surface area contributed by atoms with Crippen LogP contribution in [0, 0.1) is 5.41 Å². The summed E-state index contributed by atoms with van der Waals surface area (Å²) in [5.41, 5.74) is -0.188. The molecule has 0 aliphatic carbocycles. The molecule has 112 valence electrons. The molecule has 1 aromatic rings. The summed E-state index contributed by atoms with van der Waals surface area (Å²) in [7, 11) is 0. The highest BCUT2D eigenvalue weighted by atomic mass is 16.5. The van der Waals surface area contributed by atoms with Gasteiger partial charge in [-0.05, 0) is 32.9 Å². The summed E-state index contributed by atoms with van der Waals surface area (Å²) in [6.45, 7) is 10.0. The first-order chi connectivity index (χ1) is 9.14. The Balaban J connectivity index is 2.83. The summed E-state index contributed by atoms with van der Waals surface area (Å²) < 4.78 is 5.80. The first-order valence-corrected chi connectivity index (χ1v) is 6.82. The highest BCUT2D eigenvalue weighted by Gasteiger charge is 2.21. The maximum atomic E-state index is 12.2. The van der Waals surface area contributed by atoms with Gasteiger partial charge in [-0.1, -0.05) is 26.0 Å². The number of nitrogens with one attached hydrogen (secondary N) is 1. The van der Waals surface area contributed by atoms with E-state index in [1.54, 1.807) is 12.1 Å². The molecule has 20 heavy (non-hydrogen) atoms. The monoisotopic (exact) mass is 279 g/mol. The molecule has 1 rings (SSSR count). The van der Waals surface area contributed by atoms with E-state index in [9.17, 15) is 9.90 Å². The molecule has 0 spiro atoms. The first-order valence-electron chi connectivity index (χ1n) is 6.82. The second-order valence-corrected chi connectivity index (χ2v) is 6.72. The molecule has 0 radical (unpaired) electrons. The topological polar surface area (TPSA) is 58.6 Å². The molecule has 2 N–H and O–H groups in total. The minimum Gasteiger partial charge on any atom is -0.487 e. The second kappa shape index (κ2) is 6.27. The number of carbonyl (C=O) groups excluding carboxylic acids is 1. The van der Waals surface area contributed by atoms with Gasteiger partial charge in [-0.25, -0.2) is 0 Å². The van der Waals surface area contributed by atoms with Crippen LogP contribution in [0.5, 0.6) is 5.75 Å². The van der Waals surface area contributed by atoms with Crippen LogP contribution in [0.1, 0.15) is 45.0 Å². The zero-order chi connectivity index (χ0) is 15.4. The lowest BCUT2D eigenvalue weighted by Gasteiger charge is -2.24. The molecule has 0 aliphatic rings. The standard InChI is InChI=1S/C16H25NO3/c1-15(2,3)20-13-9-7-6-8-12(13)14(19)17-10-16(4,5)11-18/h6-9,18H,10-11H2,1-5H3,(H,17,19). The molecule has 0 heterocycles. The fourth-order valence-corrected chi connectivity index (χ4v) is 1.54. The normalized spacial score (nSPS) is 12.1. The number of ether oxygens (including phenoxy) is 1. The predicted molar refractivity (Wildman–Crippen MR) is 80.0 cm³/mol. The zero-order valence-electron chi connectivity index (χ0n) is 13.0. The Kier molecular flexibility index (Phi) is 5.17. The molecule has 1 amide bonds. The van der Waals surface area contributed by atoms with Crippen LogP contribution in [0.2, 0.25) is 0 Å². The van der Waals surface area contributed by atoms with Crippen molar-refractivity contribution < 1.29 is 14.6 Å². The number of hydrogen-bond donors (Lipinski definition) is 2. The third-order valence-electron chi connectivity index (χ3n) is 2.70. The number of aliphatic hydroxyl groups is 1. The number of para-hydroxylation sites is 1. The molecule has 0 aromatic heterocycles. The minimum atomic E-state index is -0.360. The highest BCUT2D eigenvalue weighted by Crippen LogP contribution is 2.23. The van der Waals surface area contributed by atoms with Crippen LogP contribution >= 0.6 is 0 Å². The van der Waals surface area contributed by atoms with E-state index in [0.29, 0.717) is 17.9 Å². The Morgan fingerprint density at radius 3 is 2.35 bits per heavy atom. The Hall–Kier alpha value is -1.55. The van der Waals surface area contributed by atoms with Crippen LogP contribution in [-0.2, 0) is 0 Å². The van der Waals surface area contributed by atoms with Crippen LogP contribution in [0.25, 0.3) is 0 Å². The summed E-state index contributed by atoms with van der Waals surface area (Å²) >= 11 is 0. The van der Waals surface area contributed by atoms with Gasteiger partial charge in [0.05, 0.1) is 5.56 Å². The fraction of sp³-hybridized carbons (Fsp3) is 0.562. The van der Waals surface area contributed by atoms with Crippen molar-refractivity contribution in [3.63, 3.8) is 0 Å². The van der Waals surface area contributed by atoms with Crippen LogP contribution in [0.4, 0.5) is 0 Å². The molecule has 0 saturated carbocycles. The molecule has 0 atom stereocenters. The maximum absolute atomic E-state index is 12.2. The van der Waals surface area contributed by atoms with Gasteiger partial charge in [0.25, 0.3) is 5.91 Å². The van der Waals surface area contributed by atoms with Gasteiger partial charge in [0.2, 0.25) is 0 Å². The number of benzene rings is 1. The highest BCUT2D eigenvalue weighted by molar-refractivity contribution is 5.96. The van der Waals surface area contributed by atoms with E-state index < -0.39 is 0 Å². The average Bonchev–Trinajstić information content (AvgIpc) is 2.35. The Morgan fingerprint density at radius 2 is 1.80 bits per heavy atom. The predicted octanol–water partition coefficient (Wildman–Crippen LogP) is 2.61. The van der Waals surface area contributed by atoms with Gasteiger partial charge >= 0.3 is 0 Å². The summed E-state index contributed by atoms with van der Waals surface area (Å²) in [6.07, 6.45) is 0. The summed E-state index contributed by atoms with van der Waals surface area (Å²) in [5.74, 6) is 0.380. The van der Waals surface area contributed by atoms with Crippen LogP contribution in [0.15, 0.2) is 24.3 Å². The van der Waals surface area contributed by atoms with Crippen molar-refractivity contribution in [1.82, 2.24) is 5.32 Å². The van der Waals surface area contributed by atoms with Gasteiger partial charge in [-0.3, -0.25) is 4.79 Å². The zero-order valence-corrected chi connectivity index (χ0v) is 13.0. The van der Waals surface area contributed by atoms with Gasteiger partial charge in [0.1, 0.15) is 11.4 Å². The number of rotatable bonds is 5. The lowest BCUT2D eigenvalue weighted by molar-refractivity contribution is 0.0892. The van der Waals surface area contributed by atoms with Gasteiger partial charge in [0, 0.05) is 18.6 Å². The number of carbonyl (C=O) groups is 1.